The summed E-state index contributed by atoms with van der Waals surface area (Å²) in [5.41, 5.74) is 5.33. The molecule has 54 valence electrons. The Morgan fingerprint density at radius 3 is 2.44 bits per heavy atom. The van der Waals surface area contributed by atoms with Gasteiger partial charge < -0.3 is 5.73 Å². The van der Waals surface area contributed by atoms with E-state index >= 15 is 0 Å². The number of alkyl halides is 2. The fraction of sp³-hybridized carbons (Fsp3) is 1.00. The SMILES string of the molecule is N[C@H]1CCCC(F)(F)C1. The summed E-state index contributed by atoms with van der Waals surface area (Å²) < 4.78 is 24.7. The molecule has 1 rings (SSSR count). The van der Waals surface area contributed by atoms with Gasteiger partial charge in [-0.05, 0) is 12.8 Å². The molecule has 1 aliphatic carbocycles. The van der Waals surface area contributed by atoms with E-state index in [9.17, 15) is 8.78 Å². The highest BCUT2D eigenvalue weighted by atomic mass is 19.3. The highest BCUT2D eigenvalue weighted by Gasteiger charge is 2.34. The number of hydrogen-bond acceptors (Lipinski definition) is 1. The first-order valence-electron chi connectivity index (χ1n) is 3.23. The van der Waals surface area contributed by atoms with E-state index in [1.165, 1.54) is 0 Å². The predicted octanol–water partition coefficient (Wildman–Crippen LogP) is 1.52. The third kappa shape index (κ3) is 1.90. The molecule has 3 heteroatoms. The zero-order chi connectivity index (χ0) is 6.91. The van der Waals surface area contributed by atoms with Crippen LogP contribution in [0.25, 0.3) is 0 Å². The van der Waals surface area contributed by atoms with Crippen molar-refractivity contribution in [2.75, 3.05) is 0 Å². The Balaban J connectivity index is 2.41. The molecule has 1 aliphatic rings. The van der Waals surface area contributed by atoms with Gasteiger partial charge in [-0.3, -0.25) is 0 Å². The van der Waals surface area contributed by atoms with Gasteiger partial charge in [0, 0.05) is 18.9 Å². The minimum Gasteiger partial charge on any atom is -0.327 e. The van der Waals surface area contributed by atoms with Gasteiger partial charge in [0.2, 0.25) is 5.92 Å². The average molecular weight is 135 g/mol. The van der Waals surface area contributed by atoms with Crippen molar-refractivity contribution in [1.82, 2.24) is 0 Å². The normalized spacial score (nSPS) is 34.3. The molecule has 1 nitrogen and oxygen atoms in total. The quantitative estimate of drug-likeness (QED) is 0.535. The Morgan fingerprint density at radius 2 is 2.11 bits per heavy atom. The zero-order valence-electron chi connectivity index (χ0n) is 5.24. The molecule has 0 saturated heterocycles. The number of rotatable bonds is 0. The van der Waals surface area contributed by atoms with Gasteiger partial charge in [0.15, 0.2) is 0 Å². The fourth-order valence-corrected chi connectivity index (χ4v) is 1.21. The lowest BCUT2D eigenvalue weighted by molar-refractivity contribution is -0.0395. The van der Waals surface area contributed by atoms with Crippen molar-refractivity contribution in [3.63, 3.8) is 0 Å². The summed E-state index contributed by atoms with van der Waals surface area (Å²) in [6.45, 7) is 0. The van der Waals surface area contributed by atoms with Crippen LogP contribution in [0.2, 0.25) is 0 Å². The van der Waals surface area contributed by atoms with E-state index in [1.54, 1.807) is 0 Å². The summed E-state index contributed by atoms with van der Waals surface area (Å²) in [4.78, 5) is 0. The molecule has 0 spiro atoms. The standard InChI is InChI=1S/C6H11F2N/c7-6(8)3-1-2-5(9)4-6/h5H,1-4,9H2/t5-/m0/s1. The summed E-state index contributed by atoms with van der Waals surface area (Å²) in [5, 5.41) is 0. The largest absolute Gasteiger partial charge is 0.327 e. The van der Waals surface area contributed by atoms with E-state index in [-0.39, 0.29) is 18.9 Å². The molecule has 0 amide bonds. The molecule has 0 aromatic carbocycles. The van der Waals surface area contributed by atoms with Gasteiger partial charge >= 0.3 is 0 Å². The molecule has 2 N–H and O–H groups in total. The summed E-state index contributed by atoms with van der Waals surface area (Å²) >= 11 is 0. The van der Waals surface area contributed by atoms with Gasteiger partial charge in [0.1, 0.15) is 0 Å². The first-order chi connectivity index (χ1) is 4.10. The van der Waals surface area contributed by atoms with Crippen LogP contribution in [-0.4, -0.2) is 12.0 Å². The van der Waals surface area contributed by atoms with Gasteiger partial charge in [0.05, 0.1) is 0 Å². The average Bonchev–Trinajstić information content (AvgIpc) is 1.60. The second-order valence-electron chi connectivity index (χ2n) is 2.71. The molecule has 9 heavy (non-hydrogen) atoms. The lowest BCUT2D eigenvalue weighted by atomic mass is 9.93. The Bertz CT molecular complexity index is 103. The minimum atomic E-state index is -2.47. The number of halogens is 2. The van der Waals surface area contributed by atoms with Crippen LogP contribution in [0.1, 0.15) is 25.7 Å². The van der Waals surface area contributed by atoms with Crippen LogP contribution in [0, 0.1) is 0 Å². The van der Waals surface area contributed by atoms with E-state index in [2.05, 4.69) is 0 Å². The molecular formula is C6H11F2N. The molecule has 1 atom stereocenters. The van der Waals surface area contributed by atoms with Gasteiger partial charge in [-0.2, -0.15) is 0 Å². The van der Waals surface area contributed by atoms with Crippen molar-refractivity contribution in [3.05, 3.63) is 0 Å². The van der Waals surface area contributed by atoms with Crippen molar-refractivity contribution >= 4 is 0 Å². The van der Waals surface area contributed by atoms with E-state index in [0.717, 1.165) is 6.42 Å². The highest BCUT2D eigenvalue weighted by molar-refractivity contribution is 4.79. The minimum absolute atomic E-state index is 0.0285. The van der Waals surface area contributed by atoms with Crippen molar-refractivity contribution in [2.24, 2.45) is 5.73 Å². The smallest absolute Gasteiger partial charge is 0.249 e. The lowest BCUT2D eigenvalue weighted by Crippen LogP contribution is -2.34. The summed E-state index contributed by atoms with van der Waals surface area (Å²) in [7, 11) is 0. The van der Waals surface area contributed by atoms with Crippen molar-refractivity contribution < 1.29 is 8.78 Å². The molecule has 0 bridgehead atoms. The van der Waals surface area contributed by atoms with Crippen molar-refractivity contribution in [2.45, 2.75) is 37.6 Å². The van der Waals surface area contributed by atoms with E-state index in [1.807, 2.05) is 0 Å². The van der Waals surface area contributed by atoms with E-state index in [0.29, 0.717) is 6.42 Å². The molecule has 0 unspecified atom stereocenters. The third-order valence-electron chi connectivity index (χ3n) is 1.68. The number of nitrogens with two attached hydrogens (primary N) is 1. The molecule has 1 saturated carbocycles. The topological polar surface area (TPSA) is 26.0 Å². The van der Waals surface area contributed by atoms with Crippen molar-refractivity contribution in [1.29, 1.82) is 0 Å². The van der Waals surface area contributed by atoms with Gasteiger partial charge in [-0.15, -0.1) is 0 Å². The van der Waals surface area contributed by atoms with Crippen LogP contribution >= 0.6 is 0 Å². The van der Waals surface area contributed by atoms with Crippen LogP contribution in [0.15, 0.2) is 0 Å². The Kier molecular flexibility index (Phi) is 1.70. The highest BCUT2D eigenvalue weighted by Crippen LogP contribution is 2.31. The molecule has 0 aliphatic heterocycles. The maximum Gasteiger partial charge on any atom is 0.249 e. The second kappa shape index (κ2) is 2.21. The molecule has 1 fully saturated rings. The van der Waals surface area contributed by atoms with Crippen LogP contribution in [0.4, 0.5) is 8.78 Å². The second-order valence-corrected chi connectivity index (χ2v) is 2.71. The number of hydrogen-bond donors (Lipinski definition) is 1. The zero-order valence-corrected chi connectivity index (χ0v) is 5.24. The van der Waals surface area contributed by atoms with E-state index < -0.39 is 5.92 Å². The molecule has 0 aromatic heterocycles. The molecule has 0 aromatic rings. The molecular weight excluding hydrogens is 124 g/mol. The monoisotopic (exact) mass is 135 g/mol. The van der Waals surface area contributed by atoms with Gasteiger partial charge in [0.25, 0.3) is 0 Å². The van der Waals surface area contributed by atoms with Crippen LogP contribution in [0.3, 0.4) is 0 Å². The van der Waals surface area contributed by atoms with E-state index in [4.69, 9.17) is 5.73 Å². The lowest BCUT2D eigenvalue weighted by Gasteiger charge is -2.25. The van der Waals surface area contributed by atoms with Gasteiger partial charge in [-0.25, -0.2) is 8.78 Å². The first kappa shape index (κ1) is 6.93. The summed E-state index contributed by atoms with van der Waals surface area (Å²) in [6, 6.07) is -0.270. The molecule has 0 heterocycles. The Labute approximate surface area is 53.2 Å². The van der Waals surface area contributed by atoms with Crippen LogP contribution in [0.5, 0.6) is 0 Å². The first-order valence-corrected chi connectivity index (χ1v) is 3.23. The third-order valence-corrected chi connectivity index (χ3v) is 1.68. The maximum atomic E-state index is 12.4. The van der Waals surface area contributed by atoms with Crippen LogP contribution in [-0.2, 0) is 0 Å². The Morgan fingerprint density at radius 1 is 1.44 bits per heavy atom. The predicted molar refractivity (Wildman–Crippen MR) is 31.4 cm³/mol. The summed E-state index contributed by atoms with van der Waals surface area (Å²) in [5.74, 6) is -2.47. The molecule has 0 radical (unpaired) electrons. The Hall–Kier alpha value is -0.180. The van der Waals surface area contributed by atoms with Crippen LogP contribution < -0.4 is 5.73 Å². The maximum absolute atomic E-state index is 12.4. The summed E-state index contributed by atoms with van der Waals surface area (Å²) in [6.07, 6.45) is 1.25. The van der Waals surface area contributed by atoms with Crippen molar-refractivity contribution in [3.8, 4) is 0 Å². The van der Waals surface area contributed by atoms with Gasteiger partial charge in [-0.1, -0.05) is 0 Å². The fourth-order valence-electron chi connectivity index (χ4n) is 1.21.